The number of pyridine rings is 1. The molecule has 0 radical (unpaired) electrons. The largest absolute Gasteiger partial charge is 0.367 e. The van der Waals surface area contributed by atoms with Crippen LogP contribution in [0.1, 0.15) is 44.1 Å². The predicted octanol–water partition coefficient (Wildman–Crippen LogP) is 3.34. The molecule has 2 N–H and O–H groups in total. The van der Waals surface area contributed by atoms with Gasteiger partial charge < -0.3 is 15.4 Å². The molecule has 1 unspecified atom stereocenters. The monoisotopic (exact) mass is 421 g/mol. The molecule has 2 aliphatic rings. The molecule has 4 rings (SSSR count). The zero-order chi connectivity index (χ0) is 21.7. The molecule has 1 aliphatic heterocycles. The van der Waals surface area contributed by atoms with Crippen LogP contribution in [-0.2, 0) is 20.7 Å². The molecule has 2 heterocycles. The molecule has 2 aromatic rings. The fraction of sp³-hybridized carbons (Fsp3) is 0.480. The molecule has 164 valence electrons. The highest BCUT2D eigenvalue weighted by atomic mass is 16.5. The first-order valence-corrected chi connectivity index (χ1v) is 11.3. The number of morpholine rings is 1. The number of primary amides is 1. The van der Waals surface area contributed by atoms with E-state index in [2.05, 4.69) is 4.98 Å². The van der Waals surface area contributed by atoms with Crippen molar-refractivity contribution in [3.63, 3.8) is 0 Å². The van der Waals surface area contributed by atoms with Gasteiger partial charge in [-0.1, -0.05) is 43.5 Å². The van der Waals surface area contributed by atoms with Gasteiger partial charge in [-0.3, -0.25) is 14.6 Å². The predicted molar refractivity (Wildman–Crippen MR) is 119 cm³/mol. The average molecular weight is 422 g/mol. The van der Waals surface area contributed by atoms with E-state index in [1.165, 1.54) is 19.3 Å². The molecular weight excluding hydrogens is 390 g/mol. The normalized spacial score (nSPS) is 22.3. The molecule has 31 heavy (non-hydrogen) atoms. The molecule has 1 saturated heterocycles. The third-order valence-electron chi connectivity index (χ3n) is 6.61. The molecule has 1 aliphatic carbocycles. The summed E-state index contributed by atoms with van der Waals surface area (Å²) in [6.45, 7) is 1.05. The summed E-state index contributed by atoms with van der Waals surface area (Å²) in [5, 5.41) is 0. The Balaban J connectivity index is 1.49. The Labute approximate surface area is 183 Å². The van der Waals surface area contributed by atoms with Gasteiger partial charge in [0.05, 0.1) is 13.2 Å². The highest BCUT2D eigenvalue weighted by Gasteiger charge is 2.44. The standard InChI is InChI=1S/C25H31N3O3/c26-24(30)25(17-20-7-4-8-22(15-20)21-9-11-27-12-10-21)18-28(13-14-31-25)23(29)16-19-5-2-1-3-6-19/h4,7-12,15,19H,1-3,5-6,13-14,16-18H2,(H2,26,30). The van der Waals surface area contributed by atoms with Crippen LogP contribution in [0, 0.1) is 5.92 Å². The summed E-state index contributed by atoms with van der Waals surface area (Å²) < 4.78 is 5.97. The summed E-state index contributed by atoms with van der Waals surface area (Å²) >= 11 is 0. The number of nitrogens with two attached hydrogens (primary N) is 1. The topological polar surface area (TPSA) is 85.5 Å². The highest BCUT2D eigenvalue weighted by molar-refractivity contribution is 5.86. The molecule has 1 aromatic carbocycles. The van der Waals surface area contributed by atoms with E-state index in [9.17, 15) is 9.59 Å². The number of aromatic nitrogens is 1. The van der Waals surface area contributed by atoms with Crippen LogP contribution in [0.4, 0.5) is 0 Å². The third-order valence-corrected chi connectivity index (χ3v) is 6.61. The lowest BCUT2D eigenvalue weighted by Crippen LogP contribution is -2.61. The van der Waals surface area contributed by atoms with Gasteiger partial charge in [0, 0.05) is 31.8 Å². The number of nitrogens with zero attached hydrogens (tertiary/aromatic N) is 2. The lowest BCUT2D eigenvalue weighted by atomic mass is 9.86. The molecule has 0 bridgehead atoms. The molecule has 1 aromatic heterocycles. The first kappa shape index (κ1) is 21.5. The second kappa shape index (κ2) is 9.60. The lowest BCUT2D eigenvalue weighted by Gasteiger charge is -2.41. The maximum absolute atomic E-state index is 13.0. The Kier molecular flexibility index (Phi) is 6.66. The van der Waals surface area contributed by atoms with Crippen molar-refractivity contribution in [3.05, 3.63) is 54.4 Å². The van der Waals surface area contributed by atoms with E-state index >= 15 is 0 Å². The molecule has 6 nitrogen and oxygen atoms in total. The Morgan fingerprint density at radius 2 is 1.87 bits per heavy atom. The maximum Gasteiger partial charge on any atom is 0.251 e. The molecule has 0 spiro atoms. The summed E-state index contributed by atoms with van der Waals surface area (Å²) in [5.74, 6) is 0.0625. The van der Waals surface area contributed by atoms with Crippen molar-refractivity contribution in [1.82, 2.24) is 9.88 Å². The van der Waals surface area contributed by atoms with Crippen LogP contribution in [0.2, 0.25) is 0 Å². The van der Waals surface area contributed by atoms with E-state index in [0.717, 1.165) is 29.5 Å². The van der Waals surface area contributed by atoms with Crippen molar-refractivity contribution < 1.29 is 14.3 Å². The van der Waals surface area contributed by atoms with E-state index in [1.54, 1.807) is 17.3 Å². The first-order valence-electron chi connectivity index (χ1n) is 11.3. The van der Waals surface area contributed by atoms with Crippen LogP contribution in [-0.4, -0.2) is 47.0 Å². The van der Waals surface area contributed by atoms with Gasteiger partial charge in [-0.2, -0.15) is 0 Å². The van der Waals surface area contributed by atoms with E-state index in [1.807, 2.05) is 36.4 Å². The highest BCUT2D eigenvalue weighted by Crippen LogP contribution is 2.30. The van der Waals surface area contributed by atoms with Crippen LogP contribution < -0.4 is 5.73 Å². The van der Waals surface area contributed by atoms with Crippen molar-refractivity contribution in [2.45, 2.75) is 50.5 Å². The van der Waals surface area contributed by atoms with Crippen molar-refractivity contribution >= 4 is 11.8 Å². The number of rotatable bonds is 6. The Morgan fingerprint density at radius 3 is 2.61 bits per heavy atom. The zero-order valence-corrected chi connectivity index (χ0v) is 18.0. The van der Waals surface area contributed by atoms with Crippen LogP contribution in [0.15, 0.2) is 48.8 Å². The van der Waals surface area contributed by atoms with Crippen molar-refractivity contribution in [2.75, 3.05) is 19.7 Å². The van der Waals surface area contributed by atoms with E-state index in [-0.39, 0.29) is 12.5 Å². The van der Waals surface area contributed by atoms with Gasteiger partial charge in [-0.15, -0.1) is 0 Å². The number of hydrogen-bond acceptors (Lipinski definition) is 4. The smallest absolute Gasteiger partial charge is 0.251 e. The molecule has 1 atom stereocenters. The van der Waals surface area contributed by atoms with Crippen LogP contribution in [0.5, 0.6) is 0 Å². The first-order chi connectivity index (χ1) is 15.1. The van der Waals surface area contributed by atoms with Crippen molar-refractivity contribution in [1.29, 1.82) is 0 Å². The number of amides is 2. The lowest BCUT2D eigenvalue weighted by molar-refractivity contribution is -0.164. The van der Waals surface area contributed by atoms with Gasteiger partial charge in [0.1, 0.15) is 0 Å². The van der Waals surface area contributed by atoms with Gasteiger partial charge in [-0.25, -0.2) is 0 Å². The van der Waals surface area contributed by atoms with Gasteiger partial charge in [0.15, 0.2) is 5.60 Å². The number of hydrogen-bond donors (Lipinski definition) is 1. The van der Waals surface area contributed by atoms with Gasteiger partial charge in [0.2, 0.25) is 5.91 Å². The minimum Gasteiger partial charge on any atom is -0.367 e. The second-order valence-corrected chi connectivity index (χ2v) is 8.84. The molecular formula is C25H31N3O3. The summed E-state index contributed by atoms with van der Waals surface area (Å²) in [5.41, 5.74) is 7.69. The van der Waals surface area contributed by atoms with Crippen LogP contribution >= 0.6 is 0 Å². The van der Waals surface area contributed by atoms with E-state index in [0.29, 0.717) is 31.9 Å². The molecule has 6 heteroatoms. The molecule has 1 saturated carbocycles. The average Bonchev–Trinajstić information content (AvgIpc) is 2.80. The number of ether oxygens (including phenoxy) is 1. The summed E-state index contributed by atoms with van der Waals surface area (Å²) in [4.78, 5) is 31.4. The zero-order valence-electron chi connectivity index (χ0n) is 18.0. The fourth-order valence-corrected chi connectivity index (χ4v) is 4.84. The summed E-state index contributed by atoms with van der Waals surface area (Å²) in [7, 11) is 0. The second-order valence-electron chi connectivity index (χ2n) is 8.84. The van der Waals surface area contributed by atoms with E-state index < -0.39 is 11.5 Å². The minimum absolute atomic E-state index is 0.117. The number of carbonyl (C=O) groups is 2. The number of carbonyl (C=O) groups excluding carboxylic acids is 2. The van der Waals surface area contributed by atoms with Gasteiger partial charge in [0.25, 0.3) is 5.91 Å². The number of benzene rings is 1. The Bertz CT molecular complexity index is 911. The summed E-state index contributed by atoms with van der Waals surface area (Å²) in [6, 6.07) is 11.9. The van der Waals surface area contributed by atoms with Crippen molar-refractivity contribution in [3.8, 4) is 11.1 Å². The maximum atomic E-state index is 13.0. The van der Waals surface area contributed by atoms with Crippen molar-refractivity contribution in [2.24, 2.45) is 11.7 Å². The minimum atomic E-state index is -1.20. The SMILES string of the molecule is NC(=O)C1(Cc2cccc(-c3ccncc3)c2)CN(C(=O)CC2CCCCC2)CCO1. The quantitative estimate of drug-likeness (QED) is 0.775. The van der Waals surface area contributed by atoms with Crippen LogP contribution in [0.3, 0.4) is 0 Å². The van der Waals surface area contributed by atoms with Crippen LogP contribution in [0.25, 0.3) is 11.1 Å². The fourth-order valence-electron chi connectivity index (χ4n) is 4.84. The van der Waals surface area contributed by atoms with E-state index in [4.69, 9.17) is 10.5 Å². The Hall–Kier alpha value is -2.73. The summed E-state index contributed by atoms with van der Waals surface area (Å²) in [6.07, 6.45) is 10.4. The molecule has 2 fully saturated rings. The Morgan fingerprint density at radius 1 is 1.10 bits per heavy atom. The van der Waals surface area contributed by atoms with Gasteiger partial charge in [-0.05, 0) is 47.6 Å². The molecule has 2 amide bonds. The third kappa shape index (κ3) is 5.13. The van der Waals surface area contributed by atoms with Gasteiger partial charge >= 0.3 is 0 Å².